The third kappa shape index (κ3) is 4.34. The second kappa shape index (κ2) is 6.88. The maximum Gasteiger partial charge on any atom is 0.315 e. The Balaban J connectivity index is 2.43. The van der Waals surface area contributed by atoms with E-state index in [9.17, 15) is 4.79 Å². The Morgan fingerprint density at radius 2 is 2.31 bits per heavy atom. The Labute approximate surface area is 98.7 Å². The molecule has 16 heavy (non-hydrogen) atoms. The molecule has 3 N–H and O–H groups in total. The Morgan fingerprint density at radius 3 is 3.00 bits per heavy atom. The number of hydrogen-bond acceptors (Lipinski definition) is 3. The summed E-state index contributed by atoms with van der Waals surface area (Å²) in [6.45, 7) is 2.85. The van der Waals surface area contributed by atoms with E-state index in [0.29, 0.717) is 13.1 Å². The molecule has 0 atom stereocenters. The van der Waals surface area contributed by atoms with E-state index in [1.165, 1.54) is 11.3 Å². The van der Waals surface area contributed by atoms with Crippen LogP contribution < -0.4 is 10.6 Å². The number of carbonyl (C=O) groups is 1. The lowest BCUT2D eigenvalue weighted by molar-refractivity contribution is 0.241. The molecule has 1 aromatic heterocycles. The second-order valence-corrected chi connectivity index (χ2v) is 4.11. The van der Waals surface area contributed by atoms with Crippen LogP contribution in [0.2, 0.25) is 0 Å². The summed E-state index contributed by atoms with van der Waals surface area (Å²) in [7, 11) is 0. The van der Waals surface area contributed by atoms with E-state index < -0.39 is 0 Å². The third-order valence-corrected chi connectivity index (χ3v) is 2.71. The van der Waals surface area contributed by atoms with Crippen LogP contribution in [0.5, 0.6) is 0 Å². The van der Waals surface area contributed by atoms with Crippen molar-refractivity contribution >= 4 is 17.4 Å². The van der Waals surface area contributed by atoms with Gasteiger partial charge < -0.3 is 15.7 Å². The van der Waals surface area contributed by atoms with Crippen LogP contribution >= 0.6 is 11.3 Å². The normalized spacial score (nSPS) is 9.12. The number of amides is 2. The Kier molecular flexibility index (Phi) is 5.40. The first-order valence-electron chi connectivity index (χ1n) is 4.96. The summed E-state index contributed by atoms with van der Waals surface area (Å²) in [5, 5.41) is 13.9. The average Bonchev–Trinajstić information content (AvgIpc) is 2.72. The van der Waals surface area contributed by atoms with Gasteiger partial charge in [-0.25, -0.2) is 4.79 Å². The lowest BCUT2D eigenvalue weighted by Gasteiger charge is -2.03. The molecule has 5 heteroatoms. The van der Waals surface area contributed by atoms with Crippen LogP contribution in [0.4, 0.5) is 4.79 Å². The number of nitrogens with one attached hydrogen (secondary N) is 2. The van der Waals surface area contributed by atoms with Crippen LogP contribution in [0.1, 0.15) is 16.7 Å². The van der Waals surface area contributed by atoms with Crippen molar-refractivity contribution < 1.29 is 9.90 Å². The average molecular weight is 238 g/mol. The van der Waals surface area contributed by atoms with Crippen molar-refractivity contribution in [2.75, 3.05) is 13.2 Å². The van der Waals surface area contributed by atoms with E-state index in [1.807, 2.05) is 19.1 Å². The number of aliphatic hydroxyl groups is 1. The smallest absolute Gasteiger partial charge is 0.315 e. The monoisotopic (exact) mass is 238 g/mol. The molecule has 0 aliphatic heterocycles. The van der Waals surface area contributed by atoms with Gasteiger partial charge >= 0.3 is 6.03 Å². The highest BCUT2D eigenvalue weighted by atomic mass is 32.1. The minimum absolute atomic E-state index is 0.135. The van der Waals surface area contributed by atoms with Crippen LogP contribution in [-0.4, -0.2) is 24.3 Å². The predicted octanol–water partition coefficient (Wildman–Crippen LogP) is 0.911. The molecule has 0 saturated carbocycles. The molecule has 0 radical (unpaired) electrons. The zero-order chi connectivity index (χ0) is 11.8. The first kappa shape index (κ1) is 12.6. The summed E-state index contributed by atoms with van der Waals surface area (Å²) in [5.74, 6) is 5.40. The maximum atomic E-state index is 11.1. The van der Waals surface area contributed by atoms with E-state index in [4.69, 9.17) is 5.11 Å². The molecular formula is C11H14N2O2S. The van der Waals surface area contributed by atoms with Gasteiger partial charge in [0.1, 0.15) is 6.61 Å². The summed E-state index contributed by atoms with van der Waals surface area (Å²) < 4.78 is 0. The van der Waals surface area contributed by atoms with E-state index in [-0.39, 0.29) is 12.6 Å². The summed E-state index contributed by atoms with van der Waals surface area (Å²) in [5.41, 5.74) is 0. The number of urea groups is 1. The highest BCUT2D eigenvalue weighted by molar-refractivity contribution is 7.12. The second-order valence-electron chi connectivity index (χ2n) is 2.94. The van der Waals surface area contributed by atoms with Crippen LogP contribution in [-0.2, 0) is 6.54 Å². The van der Waals surface area contributed by atoms with Crippen molar-refractivity contribution in [2.45, 2.75) is 13.5 Å². The highest BCUT2D eigenvalue weighted by Crippen LogP contribution is 2.14. The zero-order valence-electron chi connectivity index (χ0n) is 9.04. The van der Waals surface area contributed by atoms with Gasteiger partial charge in [-0.2, -0.15) is 0 Å². The molecule has 2 amide bonds. The fourth-order valence-corrected chi connectivity index (χ4v) is 1.88. The van der Waals surface area contributed by atoms with E-state index in [2.05, 4.69) is 22.5 Å². The number of rotatable bonds is 3. The predicted molar refractivity (Wildman–Crippen MR) is 64.2 cm³/mol. The van der Waals surface area contributed by atoms with Gasteiger partial charge in [0.25, 0.3) is 0 Å². The lowest BCUT2D eigenvalue weighted by Crippen LogP contribution is -2.34. The van der Waals surface area contributed by atoms with Crippen molar-refractivity contribution in [1.29, 1.82) is 0 Å². The largest absolute Gasteiger partial charge is 0.384 e. The summed E-state index contributed by atoms with van der Waals surface area (Å²) in [6, 6.07) is 3.62. The van der Waals surface area contributed by atoms with E-state index in [0.717, 1.165) is 9.75 Å². The van der Waals surface area contributed by atoms with Gasteiger partial charge in [0.05, 0.1) is 11.4 Å². The topological polar surface area (TPSA) is 61.4 Å². The summed E-state index contributed by atoms with van der Waals surface area (Å²) in [6.07, 6.45) is 0. The van der Waals surface area contributed by atoms with Crippen LogP contribution in [0, 0.1) is 11.8 Å². The van der Waals surface area contributed by atoms with Crippen molar-refractivity contribution in [3.05, 3.63) is 21.9 Å². The molecule has 0 saturated heterocycles. The molecule has 0 spiro atoms. The molecule has 1 aromatic rings. The number of aliphatic hydroxyl groups excluding tert-OH is 1. The van der Waals surface area contributed by atoms with Gasteiger partial charge in [-0.3, -0.25) is 0 Å². The number of carbonyl (C=O) groups excluding carboxylic acids is 1. The minimum Gasteiger partial charge on any atom is -0.384 e. The summed E-state index contributed by atoms with van der Waals surface area (Å²) >= 11 is 1.51. The quantitative estimate of drug-likeness (QED) is 0.685. The Bertz CT molecular complexity index is 404. The molecule has 1 rings (SSSR count). The molecule has 0 aliphatic rings. The van der Waals surface area contributed by atoms with Crippen LogP contribution in [0.25, 0.3) is 0 Å². The van der Waals surface area contributed by atoms with Crippen molar-refractivity contribution in [2.24, 2.45) is 0 Å². The fraction of sp³-hybridized carbons (Fsp3) is 0.364. The SMILES string of the molecule is CCNC(=O)NCc1ccc(C#CCO)s1. The van der Waals surface area contributed by atoms with Gasteiger partial charge in [0.2, 0.25) is 0 Å². The fourth-order valence-electron chi connectivity index (χ4n) is 1.06. The van der Waals surface area contributed by atoms with E-state index in [1.54, 1.807) is 0 Å². The van der Waals surface area contributed by atoms with Gasteiger partial charge in [0.15, 0.2) is 0 Å². The first-order chi connectivity index (χ1) is 7.76. The third-order valence-electron chi connectivity index (χ3n) is 1.71. The van der Waals surface area contributed by atoms with Crippen molar-refractivity contribution in [1.82, 2.24) is 10.6 Å². The first-order valence-corrected chi connectivity index (χ1v) is 5.78. The van der Waals surface area contributed by atoms with Gasteiger partial charge in [0, 0.05) is 11.4 Å². The van der Waals surface area contributed by atoms with Gasteiger partial charge in [-0.1, -0.05) is 11.8 Å². The highest BCUT2D eigenvalue weighted by Gasteiger charge is 2.00. The van der Waals surface area contributed by atoms with Crippen molar-refractivity contribution in [3.63, 3.8) is 0 Å². The molecule has 0 fully saturated rings. The maximum absolute atomic E-state index is 11.1. The molecule has 86 valence electrons. The zero-order valence-corrected chi connectivity index (χ0v) is 9.86. The van der Waals surface area contributed by atoms with Gasteiger partial charge in [-0.05, 0) is 19.1 Å². The van der Waals surface area contributed by atoms with E-state index >= 15 is 0 Å². The van der Waals surface area contributed by atoms with Gasteiger partial charge in [-0.15, -0.1) is 11.3 Å². The molecule has 0 bridgehead atoms. The Hall–Kier alpha value is -1.51. The van der Waals surface area contributed by atoms with Crippen LogP contribution in [0.15, 0.2) is 12.1 Å². The molecule has 0 unspecified atom stereocenters. The standard InChI is InChI=1S/C11H14N2O2S/c1-2-12-11(15)13-8-10-6-5-9(16-10)4-3-7-14/h5-6,14H,2,7-8H2,1H3,(H2,12,13,15). The molecule has 0 aliphatic carbocycles. The lowest BCUT2D eigenvalue weighted by atomic mass is 10.4. The molecule has 4 nitrogen and oxygen atoms in total. The number of thiophene rings is 1. The summed E-state index contributed by atoms with van der Waals surface area (Å²) in [4.78, 5) is 13.0. The molecule has 0 aromatic carbocycles. The molecule has 1 heterocycles. The Morgan fingerprint density at radius 1 is 1.50 bits per heavy atom. The number of hydrogen-bond donors (Lipinski definition) is 3. The van der Waals surface area contributed by atoms with Crippen molar-refractivity contribution in [3.8, 4) is 11.8 Å². The molecular weight excluding hydrogens is 224 g/mol. The minimum atomic E-state index is -0.168. The van der Waals surface area contributed by atoms with Crippen LogP contribution in [0.3, 0.4) is 0 Å².